The first-order chi connectivity index (χ1) is 12.8. The Morgan fingerprint density at radius 3 is 2.69 bits per heavy atom. The molecule has 0 aliphatic carbocycles. The summed E-state index contributed by atoms with van der Waals surface area (Å²) in [5, 5.41) is 13.0. The molecule has 0 saturated heterocycles. The second kappa shape index (κ2) is 5.70. The van der Waals surface area contributed by atoms with Crippen LogP contribution in [0.3, 0.4) is 0 Å². The van der Waals surface area contributed by atoms with E-state index in [9.17, 15) is 5.11 Å². The predicted octanol–water partition coefficient (Wildman–Crippen LogP) is 4.18. The third kappa shape index (κ3) is 2.39. The number of nitrogens with one attached hydrogen (secondary N) is 1. The number of phenolic OH excluding ortho intramolecular Hbond substituents is 1. The predicted molar refractivity (Wildman–Crippen MR) is 98.1 cm³/mol. The number of ether oxygens (including phenoxy) is 2. The van der Waals surface area contributed by atoms with E-state index < -0.39 is 0 Å². The summed E-state index contributed by atoms with van der Waals surface area (Å²) in [5.41, 5.74) is 3.42. The Morgan fingerprint density at radius 2 is 1.81 bits per heavy atom. The quantitative estimate of drug-likeness (QED) is 0.583. The highest BCUT2D eigenvalue weighted by molar-refractivity contribution is 5.80. The molecule has 0 radical (unpaired) electrons. The van der Waals surface area contributed by atoms with Crippen LogP contribution in [0.5, 0.6) is 17.2 Å². The van der Waals surface area contributed by atoms with E-state index in [2.05, 4.69) is 5.32 Å². The highest BCUT2D eigenvalue weighted by atomic mass is 16.7. The van der Waals surface area contributed by atoms with Crippen molar-refractivity contribution in [1.29, 1.82) is 0 Å². The molecule has 4 aromatic rings. The van der Waals surface area contributed by atoms with Gasteiger partial charge in [0, 0.05) is 23.5 Å². The van der Waals surface area contributed by atoms with Crippen molar-refractivity contribution < 1.29 is 14.6 Å². The van der Waals surface area contributed by atoms with Gasteiger partial charge in [-0.05, 0) is 48.5 Å². The number of imidazole rings is 1. The Morgan fingerprint density at radius 1 is 0.962 bits per heavy atom. The summed E-state index contributed by atoms with van der Waals surface area (Å²) in [4.78, 5) is 4.74. The monoisotopic (exact) mass is 345 g/mol. The lowest BCUT2D eigenvalue weighted by atomic mass is 10.1. The topological polar surface area (TPSA) is 68.0 Å². The normalized spacial score (nSPS) is 12.5. The zero-order chi connectivity index (χ0) is 17.5. The van der Waals surface area contributed by atoms with Crippen LogP contribution in [0.4, 0.5) is 11.5 Å². The molecular formula is C20H15N3O3. The van der Waals surface area contributed by atoms with Gasteiger partial charge >= 0.3 is 0 Å². The largest absolute Gasteiger partial charge is 0.508 e. The first-order valence-electron chi connectivity index (χ1n) is 8.21. The lowest BCUT2D eigenvalue weighted by molar-refractivity contribution is 0.174. The van der Waals surface area contributed by atoms with E-state index >= 15 is 0 Å². The smallest absolute Gasteiger partial charge is 0.231 e. The van der Waals surface area contributed by atoms with Crippen LogP contribution in [0.25, 0.3) is 16.9 Å². The molecule has 2 N–H and O–H groups in total. The van der Waals surface area contributed by atoms with Crippen molar-refractivity contribution in [3.05, 3.63) is 66.9 Å². The van der Waals surface area contributed by atoms with Crippen molar-refractivity contribution in [2.75, 3.05) is 12.1 Å². The van der Waals surface area contributed by atoms with Gasteiger partial charge in [0.25, 0.3) is 0 Å². The standard InChI is InChI=1S/C20H15N3O3/c24-15-7-4-13(5-8-15)19-20(23-10-2-1-3-18(23)22-19)21-14-6-9-16-17(11-14)26-12-25-16/h1-11,21,24H,12H2. The minimum absolute atomic E-state index is 0.225. The molecule has 6 heteroatoms. The molecule has 26 heavy (non-hydrogen) atoms. The number of anilines is 2. The molecule has 0 spiro atoms. The van der Waals surface area contributed by atoms with Crippen LogP contribution in [0.15, 0.2) is 66.9 Å². The summed E-state index contributed by atoms with van der Waals surface area (Å²) in [6, 6.07) is 18.6. The molecule has 6 nitrogen and oxygen atoms in total. The molecule has 1 aliphatic rings. The van der Waals surface area contributed by atoms with Gasteiger partial charge in [0.1, 0.15) is 22.9 Å². The van der Waals surface area contributed by atoms with E-state index in [1.807, 2.05) is 59.1 Å². The molecule has 0 saturated carbocycles. The van der Waals surface area contributed by atoms with Crippen molar-refractivity contribution in [3.8, 4) is 28.5 Å². The van der Waals surface area contributed by atoms with Crippen LogP contribution in [0.2, 0.25) is 0 Å². The van der Waals surface area contributed by atoms with Gasteiger partial charge < -0.3 is 19.9 Å². The lowest BCUT2D eigenvalue weighted by Crippen LogP contribution is -1.97. The number of fused-ring (bicyclic) bond motifs is 2. The van der Waals surface area contributed by atoms with E-state index in [1.54, 1.807) is 12.1 Å². The number of hydrogen-bond acceptors (Lipinski definition) is 5. The number of aromatic nitrogens is 2. The zero-order valence-corrected chi connectivity index (χ0v) is 13.7. The van der Waals surface area contributed by atoms with Gasteiger partial charge in [0.15, 0.2) is 11.5 Å². The van der Waals surface area contributed by atoms with E-state index in [1.165, 1.54) is 0 Å². The maximum absolute atomic E-state index is 9.57. The molecule has 2 aromatic carbocycles. The van der Waals surface area contributed by atoms with E-state index in [0.717, 1.165) is 39.9 Å². The van der Waals surface area contributed by atoms with Crippen molar-refractivity contribution in [3.63, 3.8) is 0 Å². The molecule has 128 valence electrons. The Hall–Kier alpha value is -3.67. The fourth-order valence-corrected chi connectivity index (χ4v) is 3.05. The van der Waals surface area contributed by atoms with Crippen LogP contribution in [0, 0.1) is 0 Å². The first kappa shape index (κ1) is 14.7. The summed E-state index contributed by atoms with van der Waals surface area (Å²) >= 11 is 0. The second-order valence-electron chi connectivity index (χ2n) is 5.98. The van der Waals surface area contributed by atoms with E-state index in [-0.39, 0.29) is 12.5 Å². The molecular weight excluding hydrogens is 330 g/mol. The number of benzene rings is 2. The summed E-state index contributed by atoms with van der Waals surface area (Å²) in [7, 11) is 0. The Bertz CT molecular complexity index is 1100. The van der Waals surface area contributed by atoms with Gasteiger partial charge in [0.2, 0.25) is 6.79 Å². The summed E-state index contributed by atoms with van der Waals surface area (Å²) < 4.78 is 12.8. The molecule has 3 heterocycles. The maximum atomic E-state index is 9.57. The Labute approximate surface area is 149 Å². The van der Waals surface area contributed by atoms with Gasteiger partial charge in [-0.25, -0.2) is 4.98 Å². The second-order valence-corrected chi connectivity index (χ2v) is 5.98. The number of pyridine rings is 1. The van der Waals surface area contributed by atoms with Gasteiger partial charge in [-0.3, -0.25) is 4.40 Å². The molecule has 0 amide bonds. The van der Waals surface area contributed by atoms with Gasteiger partial charge in [-0.15, -0.1) is 0 Å². The number of rotatable bonds is 3. The molecule has 1 aliphatic heterocycles. The third-order valence-corrected chi connectivity index (χ3v) is 4.31. The Kier molecular flexibility index (Phi) is 3.21. The van der Waals surface area contributed by atoms with Gasteiger partial charge in [-0.1, -0.05) is 6.07 Å². The van der Waals surface area contributed by atoms with Gasteiger partial charge in [-0.2, -0.15) is 0 Å². The number of phenols is 1. The van der Waals surface area contributed by atoms with Crippen molar-refractivity contribution in [2.24, 2.45) is 0 Å². The SMILES string of the molecule is Oc1ccc(-c2nc3ccccn3c2Nc2ccc3c(c2)OCO3)cc1. The van der Waals surface area contributed by atoms with Crippen LogP contribution >= 0.6 is 0 Å². The first-order valence-corrected chi connectivity index (χ1v) is 8.21. The van der Waals surface area contributed by atoms with Crippen molar-refractivity contribution in [1.82, 2.24) is 9.38 Å². The highest BCUT2D eigenvalue weighted by Crippen LogP contribution is 2.37. The highest BCUT2D eigenvalue weighted by Gasteiger charge is 2.17. The molecule has 0 bridgehead atoms. The van der Waals surface area contributed by atoms with Crippen LogP contribution < -0.4 is 14.8 Å². The zero-order valence-electron chi connectivity index (χ0n) is 13.7. The van der Waals surface area contributed by atoms with Crippen LogP contribution in [-0.2, 0) is 0 Å². The summed E-state index contributed by atoms with van der Waals surface area (Å²) in [6.07, 6.45) is 1.96. The maximum Gasteiger partial charge on any atom is 0.231 e. The van der Waals surface area contributed by atoms with Gasteiger partial charge in [0.05, 0.1) is 0 Å². The minimum Gasteiger partial charge on any atom is -0.508 e. The molecule has 2 aromatic heterocycles. The Balaban J connectivity index is 1.63. The summed E-state index contributed by atoms with van der Waals surface area (Å²) in [5.74, 6) is 2.52. The average Bonchev–Trinajstić information content (AvgIpc) is 3.27. The van der Waals surface area contributed by atoms with Crippen LogP contribution in [0.1, 0.15) is 0 Å². The van der Waals surface area contributed by atoms with Crippen molar-refractivity contribution in [2.45, 2.75) is 0 Å². The average molecular weight is 345 g/mol. The fourth-order valence-electron chi connectivity index (χ4n) is 3.05. The minimum atomic E-state index is 0.225. The third-order valence-electron chi connectivity index (χ3n) is 4.31. The molecule has 5 rings (SSSR count). The number of aromatic hydroxyl groups is 1. The number of nitrogens with zero attached hydrogens (tertiary/aromatic N) is 2. The van der Waals surface area contributed by atoms with Crippen LogP contribution in [-0.4, -0.2) is 21.3 Å². The lowest BCUT2D eigenvalue weighted by Gasteiger charge is -2.10. The van der Waals surface area contributed by atoms with E-state index in [0.29, 0.717) is 0 Å². The molecule has 0 atom stereocenters. The summed E-state index contributed by atoms with van der Waals surface area (Å²) in [6.45, 7) is 0.243. The molecule has 0 unspecified atom stereocenters. The molecule has 0 fully saturated rings. The van der Waals surface area contributed by atoms with E-state index in [4.69, 9.17) is 14.5 Å². The number of hydrogen-bond donors (Lipinski definition) is 2. The fraction of sp³-hybridized carbons (Fsp3) is 0.0500. The van der Waals surface area contributed by atoms with Crippen molar-refractivity contribution >= 4 is 17.2 Å².